The van der Waals surface area contributed by atoms with Crippen LogP contribution in [0.2, 0.25) is 18.1 Å². The first-order valence-corrected chi connectivity index (χ1v) is 17.4. The fourth-order valence-electron chi connectivity index (χ4n) is 3.66. The normalized spacial score (nSPS) is 13.7. The molecule has 0 bridgehead atoms. The summed E-state index contributed by atoms with van der Waals surface area (Å²) in [7, 11) is -5.68. The van der Waals surface area contributed by atoms with Gasteiger partial charge in [0, 0.05) is 13.1 Å². The third kappa shape index (κ3) is 7.90. The van der Waals surface area contributed by atoms with Crippen LogP contribution in [0.1, 0.15) is 50.0 Å². The SMILES string of the molecule is Cc1ccc(S(=O)(=O)N(CC/C=C/C(O)c2ccccc2)Cc2ccc(O[Si](C)(C)C(C)(C)C)cc2)cc1. The number of aliphatic hydroxyl groups excluding tert-OH is 1. The lowest BCUT2D eigenvalue weighted by Gasteiger charge is -2.36. The highest BCUT2D eigenvalue weighted by Crippen LogP contribution is 2.37. The Kier molecular flexibility index (Phi) is 9.76. The minimum Gasteiger partial charge on any atom is -0.544 e. The molecule has 1 N–H and O–H groups in total. The van der Waals surface area contributed by atoms with E-state index in [0.717, 1.165) is 22.4 Å². The van der Waals surface area contributed by atoms with Gasteiger partial charge in [0.1, 0.15) is 5.75 Å². The van der Waals surface area contributed by atoms with Crippen molar-refractivity contribution in [3.63, 3.8) is 0 Å². The maximum atomic E-state index is 13.6. The predicted octanol–water partition coefficient (Wildman–Crippen LogP) is 7.25. The number of aliphatic hydroxyl groups is 1. The Balaban J connectivity index is 1.77. The molecule has 204 valence electrons. The van der Waals surface area contributed by atoms with Gasteiger partial charge in [-0.05, 0) is 66.9 Å². The molecule has 3 rings (SSSR count). The van der Waals surface area contributed by atoms with E-state index in [2.05, 4.69) is 33.9 Å². The third-order valence-corrected chi connectivity index (χ3v) is 13.3. The summed E-state index contributed by atoms with van der Waals surface area (Å²) >= 11 is 0. The molecule has 0 aromatic heterocycles. The lowest BCUT2D eigenvalue weighted by atomic mass is 10.1. The minimum atomic E-state index is -3.71. The molecular formula is C31H41NO4SSi. The van der Waals surface area contributed by atoms with Crippen molar-refractivity contribution in [2.45, 2.75) is 69.8 Å². The van der Waals surface area contributed by atoms with Gasteiger partial charge in [0.25, 0.3) is 0 Å². The smallest absolute Gasteiger partial charge is 0.250 e. The van der Waals surface area contributed by atoms with E-state index in [1.165, 1.54) is 4.31 Å². The number of benzene rings is 3. The van der Waals surface area contributed by atoms with Gasteiger partial charge in [0.05, 0.1) is 11.0 Å². The van der Waals surface area contributed by atoms with Gasteiger partial charge < -0.3 is 9.53 Å². The molecule has 0 aliphatic heterocycles. The molecule has 0 saturated carbocycles. The maximum absolute atomic E-state index is 13.6. The van der Waals surface area contributed by atoms with E-state index in [1.807, 2.05) is 79.7 Å². The second-order valence-electron chi connectivity index (χ2n) is 11.2. The first-order chi connectivity index (χ1) is 17.8. The fraction of sp³-hybridized carbons (Fsp3) is 0.355. The highest BCUT2D eigenvalue weighted by atomic mass is 32.2. The molecule has 38 heavy (non-hydrogen) atoms. The minimum absolute atomic E-state index is 0.0895. The molecule has 0 radical (unpaired) electrons. The molecule has 3 aromatic carbocycles. The van der Waals surface area contributed by atoms with E-state index in [0.29, 0.717) is 6.42 Å². The van der Waals surface area contributed by atoms with Gasteiger partial charge in [-0.1, -0.05) is 93.1 Å². The maximum Gasteiger partial charge on any atom is 0.250 e. The monoisotopic (exact) mass is 551 g/mol. The number of nitrogens with zero attached hydrogens (tertiary/aromatic N) is 1. The van der Waals surface area contributed by atoms with Crippen LogP contribution in [-0.2, 0) is 16.6 Å². The molecule has 0 aliphatic carbocycles. The first-order valence-electron chi connectivity index (χ1n) is 13.0. The fourth-order valence-corrected chi connectivity index (χ4v) is 6.14. The Morgan fingerprint density at radius 3 is 2.13 bits per heavy atom. The van der Waals surface area contributed by atoms with Gasteiger partial charge in [-0.2, -0.15) is 4.31 Å². The zero-order valence-corrected chi connectivity index (χ0v) is 25.2. The summed E-state index contributed by atoms with van der Waals surface area (Å²) in [6, 6.07) is 24.1. The molecule has 7 heteroatoms. The molecule has 0 saturated heterocycles. The van der Waals surface area contributed by atoms with Crippen LogP contribution in [0.3, 0.4) is 0 Å². The van der Waals surface area contributed by atoms with Crippen LogP contribution < -0.4 is 4.43 Å². The van der Waals surface area contributed by atoms with Crippen molar-refractivity contribution in [3.8, 4) is 5.75 Å². The number of rotatable bonds is 11. The summed E-state index contributed by atoms with van der Waals surface area (Å²) in [5.41, 5.74) is 2.69. The molecule has 5 nitrogen and oxygen atoms in total. The topological polar surface area (TPSA) is 66.8 Å². The predicted molar refractivity (Wildman–Crippen MR) is 158 cm³/mol. The largest absolute Gasteiger partial charge is 0.544 e. The Morgan fingerprint density at radius 2 is 1.55 bits per heavy atom. The van der Waals surface area contributed by atoms with Crippen molar-refractivity contribution < 1.29 is 18.0 Å². The lowest BCUT2D eigenvalue weighted by molar-refractivity contribution is 0.228. The second kappa shape index (κ2) is 12.4. The molecule has 3 aromatic rings. The molecule has 0 spiro atoms. The number of sulfonamides is 1. The quantitative estimate of drug-likeness (QED) is 0.201. The highest BCUT2D eigenvalue weighted by molar-refractivity contribution is 7.89. The summed E-state index contributed by atoms with van der Waals surface area (Å²) in [5.74, 6) is 0.811. The van der Waals surface area contributed by atoms with Gasteiger partial charge >= 0.3 is 0 Å². The van der Waals surface area contributed by atoms with Crippen LogP contribution in [0.15, 0.2) is 95.9 Å². The molecule has 1 unspecified atom stereocenters. The van der Waals surface area contributed by atoms with Gasteiger partial charge in [0.2, 0.25) is 18.3 Å². The molecule has 0 heterocycles. The second-order valence-corrected chi connectivity index (χ2v) is 17.9. The van der Waals surface area contributed by atoms with E-state index < -0.39 is 24.4 Å². The van der Waals surface area contributed by atoms with Gasteiger partial charge in [-0.25, -0.2) is 8.42 Å². The zero-order chi connectivity index (χ0) is 28.0. The van der Waals surface area contributed by atoms with E-state index in [-0.39, 0.29) is 23.0 Å². The van der Waals surface area contributed by atoms with Crippen molar-refractivity contribution in [3.05, 3.63) is 108 Å². The van der Waals surface area contributed by atoms with Gasteiger partial charge in [0.15, 0.2) is 0 Å². The summed E-state index contributed by atoms with van der Waals surface area (Å²) in [6.45, 7) is 13.5. The van der Waals surface area contributed by atoms with Crippen LogP contribution in [-0.4, -0.2) is 32.7 Å². The highest BCUT2D eigenvalue weighted by Gasteiger charge is 2.39. The lowest BCUT2D eigenvalue weighted by Crippen LogP contribution is -2.43. The van der Waals surface area contributed by atoms with Crippen LogP contribution in [0.5, 0.6) is 5.75 Å². The molecule has 0 amide bonds. The number of hydrogen-bond donors (Lipinski definition) is 1. The van der Waals surface area contributed by atoms with E-state index in [9.17, 15) is 13.5 Å². The van der Waals surface area contributed by atoms with E-state index in [1.54, 1.807) is 18.2 Å². The van der Waals surface area contributed by atoms with Gasteiger partial charge in [-0.15, -0.1) is 0 Å². The number of hydrogen-bond acceptors (Lipinski definition) is 4. The van der Waals surface area contributed by atoms with Crippen molar-refractivity contribution in [1.29, 1.82) is 0 Å². The summed E-state index contributed by atoms with van der Waals surface area (Å²) in [5, 5.41) is 10.5. The Morgan fingerprint density at radius 1 is 0.947 bits per heavy atom. The molecular weight excluding hydrogens is 510 g/mol. The zero-order valence-electron chi connectivity index (χ0n) is 23.4. The van der Waals surface area contributed by atoms with Crippen molar-refractivity contribution in [2.24, 2.45) is 0 Å². The third-order valence-electron chi connectivity index (χ3n) is 7.12. The standard InChI is InChI=1S/C31H41NO4SSi/c1-25-15-21-29(22-16-25)37(34,35)32(23-11-10-14-30(33)27-12-8-7-9-13-27)24-26-17-19-28(20-18-26)36-38(5,6)31(2,3)4/h7-10,12-22,30,33H,11,23-24H2,1-6H3/b14-10+. The average Bonchev–Trinajstić information content (AvgIpc) is 2.86. The summed E-state index contributed by atoms with van der Waals surface area (Å²) in [4.78, 5) is 0.272. The first kappa shape index (κ1) is 29.8. The van der Waals surface area contributed by atoms with E-state index >= 15 is 0 Å². The van der Waals surface area contributed by atoms with Gasteiger partial charge in [-0.3, -0.25) is 0 Å². The number of aryl methyl sites for hydroxylation is 1. The van der Waals surface area contributed by atoms with Crippen LogP contribution in [0, 0.1) is 6.92 Å². The summed E-state index contributed by atoms with van der Waals surface area (Å²) in [6.07, 6.45) is 3.29. The van der Waals surface area contributed by atoms with Crippen molar-refractivity contribution >= 4 is 18.3 Å². The molecule has 0 aliphatic rings. The van der Waals surface area contributed by atoms with Crippen LogP contribution >= 0.6 is 0 Å². The Bertz CT molecular complexity index is 1300. The molecule has 0 fully saturated rings. The molecule has 1 atom stereocenters. The van der Waals surface area contributed by atoms with Crippen LogP contribution in [0.25, 0.3) is 0 Å². The van der Waals surface area contributed by atoms with Crippen LogP contribution in [0.4, 0.5) is 0 Å². The van der Waals surface area contributed by atoms with Crippen molar-refractivity contribution in [2.75, 3.05) is 6.54 Å². The summed E-state index contributed by atoms with van der Waals surface area (Å²) < 4.78 is 35.1. The van der Waals surface area contributed by atoms with E-state index in [4.69, 9.17) is 4.43 Å². The Labute approximate surface area is 230 Å². The van der Waals surface area contributed by atoms with Crippen molar-refractivity contribution in [1.82, 2.24) is 4.31 Å². The Hall–Kier alpha value is -2.71. The average molecular weight is 552 g/mol.